The number of benzene rings is 1. The molecule has 0 aliphatic heterocycles. The summed E-state index contributed by atoms with van der Waals surface area (Å²) in [6.07, 6.45) is 3.97. The van der Waals surface area contributed by atoms with Gasteiger partial charge in [0, 0.05) is 13.0 Å². The van der Waals surface area contributed by atoms with Gasteiger partial charge in [0.1, 0.15) is 0 Å². The average molecular weight is 231 g/mol. The molecule has 0 saturated heterocycles. The van der Waals surface area contributed by atoms with E-state index in [1.54, 1.807) is 0 Å². The van der Waals surface area contributed by atoms with Crippen molar-refractivity contribution in [2.45, 2.75) is 44.7 Å². The zero-order valence-electron chi connectivity index (χ0n) is 10.8. The zero-order valence-corrected chi connectivity index (χ0v) is 10.8. The first-order chi connectivity index (χ1) is 8.13. The van der Waals surface area contributed by atoms with Crippen LogP contribution in [0.2, 0.25) is 0 Å². The lowest BCUT2D eigenvalue weighted by Crippen LogP contribution is -2.51. The van der Waals surface area contributed by atoms with Crippen molar-refractivity contribution in [2.24, 2.45) is 0 Å². The standard InChI is InChI=1S/C15H21NO/c1-15(11-7-6-10-14(15)17)16(2)12-13-8-4-3-5-9-13/h3-5,8-9H,6-7,10-12H2,1-2H3. The first-order valence-corrected chi connectivity index (χ1v) is 6.41. The van der Waals surface area contributed by atoms with Crippen LogP contribution in [0, 0.1) is 0 Å². The number of likely N-dealkylation sites (N-methyl/N-ethyl adjacent to an activating group) is 1. The minimum atomic E-state index is -0.256. The quantitative estimate of drug-likeness (QED) is 0.797. The molecule has 0 amide bonds. The molecule has 2 heteroatoms. The van der Waals surface area contributed by atoms with Crippen LogP contribution in [0.25, 0.3) is 0 Å². The molecule has 1 atom stereocenters. The van der Waals surface area contributed by atoms with E-state index in [2.05, 4.69) is 31.0 Å². The van der Waals surface area contributed by atoms with Crippen LogP contribution in [0.5, 0.6) is 0 Å². The molecule has 92 valence electrons. The van der Waals surface area contributed by atoms with Crippen LogP contribution in [0.4, 0.5) is 0 Å². The third-order valence-electron chi connectivity index (χ3n) is 4.02. The van der Waals surface area contributed by atoms with Crippen LogP contribution < -0.4 is 0 Å². The Balaban J connectivity index is 2.08. The molecule has 1 fully saturated rings. The maximum atomic E-state index is 12.1. The summed E-state index contributed by atoms with van der Waals surface area (Å²) in [6.45, 7) is 2.94. The predicted molar refractivity (Wildman–Crippen MR) is 69.8 cm³/mol. The van der Waals surface area contributed by atoms with E-state index >= 15 is 0 Å². The normalized spacial score (nSPS) is 25.2. The van der Waals surface area contributed by atoms with Gasteiger partial charge >= 0.3 is 0 Å². The van der Waals surface area contributed by atoms with E-state index < -0.39 is 0 Å². The summed E-state index contributed by atoms with van der Waals surface area (Å²) < 4.78 is 0. The lowest BCUT2D eigenvalue weighted by molar-refractivity contribution is -0.132. The molecular weight excluding hydrogens is 210 g/mol. The van der Waals surface area contributed by atoms with Gasteiger partial charge in [0.25, 0.3) is 0 Å². The molecule has 1 unspecified atom stereocenters. The number of carbonyl (C=O) groups is 1. The van der Waals surface area contributed by atoms with E-state index in [0.29, 0.717) is 5.78 Å². The summed E-state index contributed by atoms with van der Waals surface area (Å²) in [4.78, 5) is 14.3. The summed E-state index contributed by atoms with van der Waals surface area (Å²) in [5.41, 5.74) is 1.02. The first-order valence-electron chi connectivity index (χ1n) is 6.41. The lowest BCUT2D eigenvalue weighted by Gasteiger charge is -2.40. The molecule has 0 spiro atoms. The van der Waals surface area contributed by atoms with Gasteiger partial charge < -0.3 is 0 Å². The number of hydrogen-bond donors (Lipinski definition) is 0. The maximum absolute atomic E-state index is 12.1. The van der Waals surface area contributed by atoms with Gasteiger partial charge in [0.05, 0.1) is 5.54 Å². The minimum Gasteiger partial charge on any atom is -0.298 e. The summed E-state index contributed by atoms with van der Waals surface area (Å²) in [6, 6.07) is 10.4. The molecule has 1 aromatic rings. The van der Waals surface area contributed by atoms with Crippen molar-refractivity contribution in [1.29, 1.82) is 0 Å². The molecule has 0 bridgehead atoms. The maximum Gasteiger partial charge on any atom is 0.152 e. The summed E-state index contributed by atoms with van der Waals surface area (Å²) in [5, 5.41) is 0. The van der Waals surface area contributed by atoms with Crippen molar-refractivity contribution in [1.82, 2.24) is 4.90 Å². The van der Waals surface area contributed by atoms with Gasteiger partial charge in [-0.1, -0.05) is 36.8 Å². The molecule has 2 rings (SSSR count). The molecule has 1 aromatic carbocycles. The summed E-state index contributed by atoms with van der Waals surface area (Å²) in [5.74, 6) is 0.405. The topological polar surface area (TPSA) is 20.3 Å². The molecule has 2 nitrogen and oxygen atoms in total. The Morgan fingerprint density at radius 1 is 1.24 bits per heavy atom. The predicted octanol–water partition coefficient (Wildman–Crippen LogP) is 3.02. The van der Waals surface area contributed by atoms with Crippen molar-refractivity contribution in [2.75, 3.05) is 7.05 Å². The first kappa shape index (κ1) is 12.3. The Morgan fingerprint density at radius 3 is 2.59 bits per heavy atom. The van der Waals surface area contributed by atoms with Crippen LogP contribution in [0.3, 0.4) is 0 Å². The SMILES string of the molecule is CN(Cc1ccccc1)C1(C)CCCCC1=O. The Hall–Kier alpha value is -1.15. The molecule has 17 heavy (non-hydrogen) atoms. The monoisotopic (exact) mass is 231 g/mol. The van der Waals surface area contributed by atoms with Gasteiger partial charge in [-0.05, 0) is 32.4 Å². The molecule has 0 heterocycles. The number of rotatable bonds is 3. The second-order valence-electron chi connectivity index (χ2n) is 5.25. The van der Waals surface area contributed by atoms with Crippen LogP contribution in [-0.4, -0.2) is 23.3 Å². The van der Waals surface area contributed by atoms with Gasteiger partial charge in [0.15, 0.2) is 5.78 Å². The third-order valence-corrected chi connectivity index (χ3v) is 4.02. The molecular formula is C15H21NO. The van der Waals surface area contributed by atoms with Crippen molar-refractivity contribution in [3.8, 4) is 0 Å². The fraction of sp³-hybridized carbons (Fsp3) is 0.533. The summed E-state index contributed by atoms with van der Waals surface area (Å²) in [7, 11) is 2.07. The average Bonchev–Trinajstić information content (AvgIpc) is 2.34. The molecule has 1 saturated carbocycles. The van der Waals surface area contributed by atoms with Crippen molar-refractivity contribution in [3.05, 3.63) is 35.9 Å². The Kier molecular flexibility index (Phi) is 3.63. The molecule has 0 N–H and O–H groups in total. The van der Waals surface area contributed by atoms with E-state index in [0.717, 1.165) is 25.8 Å². The Morgan fingerprint density at radius 2 is 1.94 bits per heavy atom. The number of hydrogen-bond acceptors (Lipinski definition) is 2. The number of Topliss-reactive ketones (excluding diaryl/α,β-unsaturated/α-hetero) is 1. The van der Waals surface area contributed by atoms with Gasteiger partial charge in [-0.15, -0.1) is 0 Å². The van der Waals surface area contributed by atoms with Crippen LogP contribution in [0.1, 0.15) is 38.2 Å². The largest absolute Gasteiger partial charge is 0.298 e. The van der Waals surface area contributed by atoms with Gasteiger partial charge in [0.2, 0.25) is 0 Å². The van der Waals surface area contributed by atoms with Gasteiger partial charge in [-0.2, -0.15) is 0 Å². The minimum absolute atomic E-state index is 0.256. The highest BCUT2D eigenvalue weighted by molar-refractivity contribution is 5.88. The second-order valence-corrected chi connectivity index (χ2v) is 5.25. The van der Waals surface area contributed by atoms with Gasteiger partial charge in [-0.3, -0.25) is 9.69 Å². The van der Waals surface area contributed by atoms with Crippen molar-refractivity contribution in [3.63, 3.8) is 0 Å². The summed E-state index contributed by atoms with van der Waals surface area (Å²) >= 11 is 0. The lowest BCUT2D eigenvalue weighted by atomic mass is 9.80. The molecule has 1 aliphatic carbocycles. The van der Waals surface area contributed by atoms with Crippen molar-refractivity contribution >= 4 is 5.78 Å². The van der Waals surface area contributed by atoms with E-state index in [1.165, 1.54) is 12.0 Å². The number of nitrogens with zero attached hydrogens (tertiary/aromatic N) is 1. The van der Waals surface area contributed by atoms with E-state index in [4.69, 9.17) is 0 Å². The Bertz CT molecular complexity index is 387. The number of carbonyl (C=O) groups excluding carboxylic acids is 1. The third kappa shape index (κ3) is 2.58. The van der Waals surface area contributed by atoms with E-state index in [-0.39, 0.29) is 5.54 Å². The second kappa shape index (κ2) is 5.01. The molecule has 1 aliphatic rings. The smallest absolute Gasteiger partial charge is 0.152 e. The number of ketones is 1. The molecule has 0 aromatic heterocycles. The Labute approximate surface area is 104 Å². The van der Waals surface area contributed by atoms with Crippen LogP contribution >= 0.6 is 0 Å². The van der Waals surface area contributed by atoms with Crippen molar-refractivity contribution < 1.29 is 4.79 Å². The van der Waals surface area contributed by atoms with Crippen LogP contribution in [-0.2, 0) is 11.3 Å². The molecule has 0 radical (unpaired) electrons. The van der Waals surface area contributed by atoms with Gasteiger partial charge in [-0.25, -0.2) is 0 Å². The van der Waals surface area contributed by atoms with Crippen LogP contribution in [0.15, 0.2) is 30.3 Å². The van der Waals surface area contributed by atoms with E-state index in [1.807, 2.05) is 18.2 Å². The fourth-order valence-corrected chi connectivity index (χ4v) is 2.60. The zero-order chi connectivity index (χ0) is 12.3. The highest BCUT2D eigenvalue weighted by atomic mass is 16.1. The highest BCUT2D eigenvalue weighted by Crippen LogP contribution is 2.30. The van der Waals surface area contributed by atoms with E-state index in [9.17, 15) is 4.79 Å². The fourth-order valence-electron chi connectivity index (χ4n) is 2.60. The highest BCUT2D eigenvalue weighted by Gasteiger charge is 2.38.